The molecular formula is C20H11I4NaO4. The molecule has 0 atom stereocenters. The average molecular weight is 846 g/mol. The van der Waals surface area contributed by atoms with E-state index >= 15 is 0 Å². The Morgan fingerprint density at radius 3 is 1.83 bits per heavy atom. The van der Waals surface area contributed by atoms with Crippen molar-refractivity contribution in [2.75, 3.05) is 0 Å². The minimum absolute atomic E-state index is 0. The molecule has 0 radical (unpaired) electrons. The van der Waals surface area contributed by atoms with Crippen molar-refractivity contribution >= 4 is 137 Å². The number of Topliss-reactive ketones (excluding diaryl/α,β-unsaturated/α-hetero) is 1. The summed E-state index contributed by atoms with van der Waals surface area (Å²) < 4.78 is 2.45. The molecule has 0 heterocycles. The quantitative estimate of drug-likeness (QED) is 0.309. The number of hydrogen-bond donors (Lipinski definition) is 2. The van der Waals surface area contributed by atoms with Crippen LogP contribution in [-0.2, 0) is 4.79 Å². The van der Waals surface area contributed by atoms with Crippen LogP contribution in [0.1, 0.15) is 21.5 Å². The standard InChI is InChI=1S/C20H10I4O4.Na.H/c21-13-5-9(6-14(22)18(13)25)17(10-7-15(23)19(26)16(24)8-10)11-3-1-2-4-12(11)20(27)28;;/h1-8,25H,(H,27,28);;. The van der Waals surface area contributed by atoms with Crippen molar-refractivity contribution in [2.45, 2.75) is 0 Å². The van der Waals surface area contributed by atoms with Gasteiger partial charge in [-0.15, -0.1) is 0 Å². The van der Waals surface area contributed by atoms with E-state index in [4.69, 9.17) is 0 Å². The Bertz CT molecular complexity index is 1070. The second-order valence-corrected chi connectivity index (χ2v) is 10.4. The van der Waals surface area contributed by atoms with E-state index in [0.29, 0.717) is 25.4 Å². The Labute approximate surface area is 244 Å². The predicted octanol–water partition coefficient (Wildman–Crippen LogP) is 5.67. The van der Waals surface area contributed by atoms with Crippen molar-refractivity contribution in [2.24, 2.45) is 0 Å². The average Bonchev–Trinajstić information content (AvgIpc) is 2.64. The zero-order chi connectivity index (χ0) is 20.6. The Morgan fingerprint density at radius 1 is 0.862 bits per heavy atom. The number of carbonyl (C=O) groups excluding carboxylic acids is 1. The third kappa shape index (κ3) is 5.66. The minimum atomic E-state index is -1.03. The number of ketones is 1. The zero-order valence-corrected chi connectivity index (χ0v) is 22.5. The second kappa shape index (κ2) is 10.9. The molecule has 4 nitrogen and oxygen atoms in total. The summed E-state index contributed by atoms with van der Waals surface area (Å²) in [6, 6.07) is 10.4. The number of rotatable bonds is 3. The van der Waals surface area contributed by atoms with Crippen LogP contribution in [0.4, 0.5) is 0 Å². The van der Waals surface area contributed by atoms with Crippen LogP contribution in [0.15, 0.2) is 61.3 Å². The number of carboxylic acid groups (broad SMARTS) is 1. The number of halogens is 4. The Balaban J connectivity index is 0.00000300. The van der Waals surface area contributed by atoms with E-state index in [9.17, 15) is 19.8 Å². The SMILES string of the molecule is O=C1C(I)=CC(=C(c2cc(I)c(O)c(I)c2)c2ccccc2C(=O)O)C=C1I.[NaH]. The Morgan fingerprint density at radius 2 is 1.34 bits per heavy atom. The molecule has 9 heteroatoms. The van der Waals surface area contributed by atoms with E-state index in [2.05, 4.69) is 45.2 Å². The molecule has 0 saturated heterocycles. The van der Waals surface area contributed by atoms with Crippen LogP contribution >= 0.6 is 90.4 Å². The fraction of sp³-hybridized carbons (Fsp3) is 0. The number of carboxylic acids is 1. The molecule has 0 unspecified atom stereocenters. The molecule has 0 spiro atoms. The van der Waals surface area contributed by atoms with Crippen LogP contribution < -0.4 is 0 Å². The van der Waals surface area contributed by atoms with E-state index in [1.165, 1.54) is 0 Å². The molecule has 0 aliphatic heterocycles. The van der Waals surface area contributed by atoms with Gasteiger partial charge in [-0.2, -0.15) is 0 Å². The number of carbonyl (C=O) groups is 2. The number of aromatic carboxylic acids is 1. The van der Waals surface area contributed by atoms with Crippen molar-refractivity contribution < 1.29 is 19.8 Å². The van der Waals surface area contributed by atoms with E-state index in [1.807, 2.05) is 57.3 Å². The van der Waals surface area contributed by atoms with E-state index in [-0.39, 0.29) is 46.7 Å². The monoisotopic (exact) mass is 846 g/mol. The van der Waals surface area contributed by atoms with E-state index in [0.717, 1.165) is 11.1 Å². The first-order valence-electron chi connectivity index (χ1n) is 7.75. The van der Waals surface area contributed by atoms with Gasteiger partial charge in [0.15, 0.2) is 0 Å². The van der Waals surface area contributed by atoms with Gasteiger partial charge in [0, 0.05) is 0 Å². The second-order valence-electron chi connectivity index (χ2n) is 5.78. The number of phenolic OH excluding ortho intramolecular Hbond substituents is 1. The van der Waals surface area contributed by atoms with Crippen LogP contribution in [0.5, 0.6) is 5.75 Å². The van der Waals surface area contributed by atoms with E-state index < -0.39 is 5.97 Å². The van der Waals surface area contributed by atoms with Crippen LogP contribution in [0.3, 0.4) is 0 Å². The van der Waals surface area contributed by atoms with Gasteiger partial charge >= 0.3 is 35.5 Å². The molecule has 1 aliphatic carbocycles. The summed E-state index contributed by atoms with van der Waals surface area (Å²) in [5.74, 6) is -0.887. The van der Waals surface area contributed by atoms with Crippen molar-refractivity contribution in [3.8, 4) is 5.75 Å². The zero-order valence-electron chi connectivity index (χ0n) is 13.8. The van der Waals surface area contributed by atoms with E-state index in [1.54, 1.807) is 36.4 Å². The van der Waals surface area contributed by atoms with Crippen LogP contribution in [0, 0.1) is 7.14 Å². The maximum atomic E-state index is 12.2. The Hall–Kier alpha value is 0.520. The maximum absolute atomic E-state index is 12.2. The molecule has 2 N–H and O–H groups in total. The topological polar surface area (TPSA) is 74.6 Å². The first-order valence-corrected chi connectivity index (χ1v) is 12.1. The first kappa shape index (κ1) is 25.8. The van der Waals surface area contributed by atoms with Gasteiger partial charge in [-0.25, -0.2) is 4.79 Å². The summed E-state index contributed by atoms with van der Waals surface area (Å²) in [7, 11) is 0. The molecule has 2 aromatic carbocycles. The third-order valence-electron chi connectivity index (χ3n) is 4.02. The van der Waals surface area contributed by atoms with Crippen LogP contribution in [-0.4, -0.2) is 51.5 Å². The number of allylic oxidation sites excluding steroid dienone is 5. The molecule has 0 aromatic heterocycles. The Kier molecular flexibility index (Phi) is 9.69. The van der Waals surface area contributed by atoms with Gasteiger partial charge < -0.3 is 10.2 Å². The molecule has 144 valence electrons. The van der Waals surface area contributed by atoms with Gasteiger partial charge in [0.2, 0.25) is 5.78 Å². The summed E-state index contributed by atoms with van der Waals surface area (Å²) in [6.45, 7) is 0. The van der Waals surface area contributed by atoms with Gasteiger partial charge in [0.05, 0.1) is 19.9 Å². The van der Waals surface area contributed by atoms with Crippen LogP contribution in [0.2, 0.25) is 0 Å². The normalized spacial score (nSPS) is 13.4. The van der Waals surface area contributed by atoms with Gasteiger partial charge in [-0.1, -0.05) is 18.2 Å². The fourth-order valence-electron chi connectivity index (χ4n) is 2.78. The summed E-state index contributed by atoms with van der Waals surface area (Å²) in [6.07, 6.45) is 3.54. The molecule has 0 bridgehead atoms. The van der Waals surface area contributed by atoms with Crippen molar-refractivity contribution in [1.82, 2.24) is 0 Å². The van der Waals surface area contributed by atoms with Gasteiger partial charge in [0.25, 0.3) is 0 Å². The van der Waals surface area contributed by atoms with Gasteiger partial charge in [-0.3, -0.25) is 4.79 Å². The van der Waals surface area contributed by atoms with Crippen molar-refractivity contribution in [3.63, 3.8) is 0 Å². The molecule has 0 amide bonds. The summed E-state index contributed by atoms with van der Waals surface area (Å²) in [5, 5.41) is 19.9. The number of phenols is 1. The third-order valence-corrected chi connectivity index (χ3v) is 7.27. The molecule has 2 aromatic rings. The van der Waals surface area contributed by atoms with Crippen molar-refractivity contribution in [1.29, 1.82) is 0 Å². The molecule has 3 rings (SSSR count). The number of hydrogen-bond acceptors (Lipinski definition) is 3. The molecular weight excluding hydrogens is 835 g/mol. The predicted molar refractivity (Wildman–Crippen MR) is 149 cm³/mol. The van der Waals surface area contributed by atoms with Crippen molar-refractivity contribution in [3.05, 3.63) is 85.1 Å². The summed E-state index contributed by atoms with van der Waals surface area (Å²) in [5.41, 5.74) is 2.94. The number of aromatic hydroxyl groups is 1. The van der Waals surface area contributed by atoms with Gasteiger partial charge in [-0.05, 0) is 143 Å². The summed E-state index contributed by atoms with van der Waals surface area (Å²) >= 11 is 8.10. The fourth-order valence-corrected chi connectivity index (χ4v) is 6.32. The number of benzene rings is 2. The molecule has 29 heavy (non-hydrogen) atoms. The van der Waals surface area contributed by atoms with Gasteiger partial charge in [0.1, 0.15) is 5.75 Å². The van der Waals surface area contributed by atoms with Crippen LogP contribution in [0.25, 0.3) is 5.57 Å². The first-order chi connectivity index (χ1) is 13.2. The molecule has 1 aliphatic rings. The molecule has 0 saturated carbocycles. The molecule has 0 fully saturated rings. The summed E-state index contributed by atoms with van der Waals surface area (Å²) in [4.78, 5) is 24.0.